The van der Waals surface area contributed by atoms with E-state index in [4.69, 9.17) is 23.2 Å². The van der Waals surface area contributed by atoms with E-state index < -0.39 is 5.41 Å². The Morgan fingerprint density at radius 2 is 1.96 bits per heavy atom. The molecular weight excluding hydrogens is 351 g/mol. The highest BCUT2D eigenvalue weighted by atomic mass is 35.5. The molecular formula is C16H14Cl2N4O2. The summed E-state index contributed by atoms with van der Waals surface area (Å²) in [4.78, 5) is 25.3. The molecule has 0 bridgehead atoms. The molecule has 1 aromatic carbocycles. The molecule has 0 fully saturated rings. The van der Waals surface area contributed by atoms with Gasteiger partial charge in [0.25, 0.3) is 0 Å². The Hall–Kier alpha value is -2.05. The first-order valence-corrected chi connectivity index (χ1v) is 8.29. The number of fused-ring (bicyclic) bond motifs is 4. The first-order valence-electron chi connectivity index (χ1n) is 7.53. The van der Waals surface area contributed by atoms with Crippen LogP contribution in [0, 0.1) is 0 Å². The van der Waals surface area contributed by atoms with E-state index in [0.717, 1.165) is 0 Å². The maximum atomic E-state index is 12.9. The van der Waals surface area contributed by atoms with Crippen LogP contribution in [0.25, 0.3) is 0 Å². The lowest BCUT2D eigenvalue weighted by atomic mass is 9.72. The molecule has 0 radical (unpaired) electrons. The Morgan fingerprint density at radius 3 is 2.67 bits per heavy atom. The van der Waals surface area contributed by atoms with Crippen LogP contribution in [0.1, 0.15) is 37.4 Å². The Kier molecular flexibility index (Phi) is 3.21. The average Bonchev–Trinajstić information content (AvgIpc) is 3.02. The van der Waals surface area contributed by atoms with E-state index in [1.54, 1.807) is 23.0 Å². The lowest BCUT2D eigenvalue weighted by Gasteiger charge is -2.32. The molecule has 0 saturated heterocycles. The molecule has 1 atom stereocenters. The highest BCUT2D eigenvalue weighted by molar-refractivity contribution is 6.38. The van der Waals surface area contributed by atoms with Gasteiger partial charge in [0, 0.05) is 23.0 Å². The van der Waals surface area contributed by atoms with Gasteiger partial charge in [-0.2, -0.15) is 5.10 Å². The third kappa shape index (κ3) is 1.87. The SMILES string of the molecule is CC(C)n1ncc2c1NC(=O)C[C@@]21C(=O)Nc2c(Cl)cc(Cl)cc21. The van der Waals surface area contributed by atoms with Gasteiger partial charge in [-0.05, 0) is 31.5 Å². The van der Waals surface area contributed by atoms with Gasteiger partial charge in [0.15, 0.2) is 0 Å². The Bertz CT molecular complexity index is 906. The molecule has 1 aromatic heterocycles. The van der Waals surface area contributed by atoms with Crippen LogP contribution in [0.15, 0.2) is 18.3 Å². The van der Waals surface area contributed by atoms with E-state index in [1.807, 2.05) is 13.8 Å². The van der Waals surface area contributed by atoms with Crippen LogP contribution in [0.2, 0.25) is 10.0 Å². The summed E-state index contributed by atoms with van der Waals surface area (Å²) in [6, 6.07) is 3.30. The van der Waals surface area contributed by atoms with Crippen molar-refractivity contribution in [1.29, 1.82) is 0 Å². The van der Waals surface area contributed by atoms with E-state index in [9.17, 15) is 9.59 Å². The van der Waals surface area contributed by atoms with Crippen LogP contribution < -0.4 is 10.6 Å². The molecule has 2 N–H and O–H groups in total. The molecule has 124 valence electrons. The van der Waals surface area contributed by atoms with E-state index in [-0.39, 0.29) is 24.3 Å². The fourth-order valence-electron chi connectivity index (χ4n) is 3.53. The topological polar surface area (TPSA) is 76.0 Å². The lowest BCUT2D eigenvalue weighted by Crippen LogP contribution is -2.43. The second-order valence-electron chi connectivity index (χ2n) is 6.34. The number of rotatable bonds is 1. The minimum absolute atomic E-state index is 0.0146. The van der Waals surface area contributed by atoms with Crippen molar-refractivity contribution < 1.29 is 9.59 Å². The minimum Gasteiger partial charge on any atom is -0.323 e. The zero-order chi connectivity index (χ0) is 17.2. The van der Waals surface area contributed by atoms with E-state index in [2.05, 4.69) is 15.7 Å². The number of carbonyl (C=O) groups is 2. The molecule has 0 saturated carbocycles. The summed E-state index contributed by atoms with van der Waals surface area (Å²) >= 11 is 12.4. The van der Waals surface area contributed by atoms with Gasteiger partial charge in [0.05, 0.1) is 16.9 Å². The van der Waals surface area contributed by atoms with Gasteiger partial charge in [0.2, 0.25) is 11.8 Å². The first-order chi connectivity index (χ1) is 11.3. The largest absolute Gasteiger partial charge is 0.323 e. The molecule has 8 heteroatoms. The smallest absolute Gasteiger partial charge is 0.240 e. The van der Waals surface area contributed by atoms with Gasteiger partial charge >= 0.3 is 0 Å². The molecule has 6 nitrogen and oxygen atoms in total. The number of halogens is 2. The molecule has 2 aromatic rings. The first kappa shape index (κ1) is 15.5. The van der Waals surface area contributed by atoms with Crippen LogP contribution in [0.4, 0.5) is 11.5 Å². The van der Waals surface area contributed by atoms with Crippen LogP contribution in [-0.2, 0) is 15.0 Å². The number of anilines is 2. The molecule has 2 amide bonds. The second kappa shape index (κ2) is 4.97. The summed E-state index contributed by atoms with van der Waals surface area (Å²) in [6.07, 6.45) is 1.62. The lowest BCUT2D eigenvalue weighted by molar-refractivity contribution is -0.125. The predicted molar refractivity (Wildman–Crippen MR) is 91.7 cm³/mol. The zero-order valence-electron chi connectivity index (χ0n) is 13.0. The Labute approximate surface area is 148 Å². The van der Waals surface area contributed by atoms with Gasteiger partial charge in [-0.25, -0.2) is 4.68 Å². The summed E-state index contributed by atoms with van der Waals surface area (Å²) in [6.45, 7) is 3.91. The van der Waals surface area contributed by atoms with Gasteiger partial charge in [-0.15, -0.1) is 0 Å². The monoisotopic (exact) mass is 364 g/mol. The predicted octanol–water partition coefficient (Wildman–Crippen LogP) is 3.35. The number of hydrogen-bond donors (Lipinski definition) is 2. The van der Waals surface area contributed by atoms with Gasteiger partial charge in [-0.1, -0.05) is 23.2 Å². The van der Waals surface area contributed by atoms with Crippen LogP contribution in [0.3, 0.4) is 0 Å². The van der Waals surface area contributed by atoms with Gasteiger partial charge < -0.3 is 10.6 Å². The second-order valence-corrected chi connectivity index (χ2v) is 7.18. The van der Waals surface area contributed by atoms with Crippen molar-refractivity contribution in [2.45, 2.75) is 31.7 Å². The van der Waals surface area contributed by atoms with E-state index in [1.165, 1.54) is 0 Å². The van der Waals surface area contributed by atoms with Crippen molar-refractivity contribution in [2.75, 3.05) is 10.6 Å². The van der Waals surface area contributed by atoms with Crippen molar-refractivity contribution in [3.63, 3.8) is 0 Å². The standard InChI is InChI=1S/C16H14Cl2N4O2/c1-7(2)22-14-10(6-19-22)16(5-12(23)20-14)9-3-8(17)4-11(18)13(9)21-15(16)24/h3-4,6-7H,5H2,1-2H3,(H,20,23)(H,21,24)/t16-/m0/s1. The van der Waals surface area contributed by atoms with Crippen molar-refractivity contribution >= 4 is 46.5 Å². The van der Waals surface area contributed by atoms with Gasteiger partial charge in [-0.3, -0.25) is 9.59 Å². The number of amides is 2. The van der Waals surface area contributed by atoms with E-state index in [0.29, 0.717) is 32.7 Å². The number of aromatic nitrogens is 2. The molecule has 0 unspecified atom stereocenters. The third-order valence-corrected chi connectivity index (χ3v) is 5.09. The van der Waals surface area contributed by atoms with Crippen molar-refractivity contribution in [2.24, 2.45) is 0 Å². The molecule has 4 rings (SSSR count). The van der Waals surface area contributed by atoms with Crippen molar-refractivity contribution in [3.8, 4) is 0 Å². The zero-order valence-corrected chi connectivity index (χ0v) is 14.5. The molecule has 2 aliphatic heterocycles. The number of nitrogens with zero attached hydrogens (tertiary/aromatic N) is 2. The highest BCUT2D eigenvalue weighted by Gasteiger charge is 2.55. The Morgan fingerprint density at radius 1 is 1.21 bits per heavy atom. The number of carbonyl (C=O) groups excluding carboxylic acids is 2. The average molecular weight is 365 g/mol. The fraction of sp³-hybridized carbons (Fsp3) is 0.312. The summed E-state index contributed by atoms with van der Waals surface area (Å²) in [5.41, 5.74) is 0.619. The third-order valence-electron chi connectivity index (χ3n) is 4.57. The van der Waals surface area contributed by atoms with Crippen LogP contribution in [0.5, 0.6) is 0 Å². The maximum Gasteiger partial charge on any atom is 0.240 e. The number of nitrogens with one attached hydrogen (secondary N) is 2. The van der Waals surface area contributed by atoms with E-state index >= 15 is 0 Å². The molecule has 0 aliphatic carbocycles. The summed E-state index contributed by atoms with van der Waals surface area (Å²) < 4.78 is 1.70. The van der Waals surface area contributed by atoms with Crippen molar-refractivity contribution in [1.82, 2.24) is 9.78 Å². The van der Waals surface area contributed by atoms with Crippen molar-refractivity contribution in [3.05, 3.63) is 39.5 Å². The summed E-state index contributed by atoms with van der Waals surface area (Å²) in [7, 11) is 0. The Balaban J connectivity index is 2.04. The molecule has 3 heterocycles. The summed E-state index contributed by atoms with van der Waals surface area (Å²) in [5.74, 6) is 0.00502. The maximum absolute atomic E-state index is 12.9. The number of benzene rings is 1. The molecule has 1 spiro atoms. The van der Waals surface area contributed by atoms with Gasteiger partial charge in [0.1, 0.15) is 11.2 Å². The molecule has 24 heavy (non-hydrogen) atoms. The number of hydrogen-bond acceptors (Lipinski definition) is 3. The fourth-order valence-corrected chi connectivity index (χ4v) is 4.07. The molecule has 2 aliphatic rings. The quantitative estimate of drug-likeness (QED) is 0.814. The normalized spacial score (nSPS) is 21.7. The highest BCUT2D eigenvalue weighted by Crippen LogP contribution is 2.52. The summed E-state index contributed by atoms with van der Waals surface area (Å²) in [5, 5.41) is 10.8. The van der Waals surface area contributed by atoms with Crippen LogP contribution >= 0.6 is 23.2 Å². The minimum atomic E-state index is -1.16. The van der Waals surface area contributed by atoms with Crippen LogP contribution in [-0.4, -0.2) is 21.6 Å².